The molecular formula is C38H50N8O4. The van der Waals surface area contributed by atoms with E-state index in [-0.39, 0.29) is 18.9 Å². The van der Waals surface area contributed by atoms with E-state index in [0.717, 1.165) is 84.1 Å². The van der Waals surface area contributed by atoms with Gasteiger partial charge in [-0.3, -0.25) is 4.79 Å². The molecule has 0 spiro atoms. The summed E-state index contributed by atoms with van der Waals surface area (Å²) in [7, 11) is 2.17. The summed E-state index contributed by atoms with van der Waals surface area (Å²) < 4.78 is 16.9. The Morgan fingerprint density at radius 3 is 2.14 bits per heavy atom. The van der Waals surface area contributed by atoms with Crippen LogP contribution in [0.3, 0.4) is 0 Å². The molecule has 1 fully saturated rings. The first-order valence-electron chi connectivity index (χ1n) is 17.7. The van der Waals surface area contributed by atoms with Crippen molar-refractivity contribution in [2.45, 2.75) is 20.3 Å². The maximum atomic E-state index is 12.2. The van der Waals surface area contributed by atoms with Gasteiger partial charge in [0.25, 0.3) is 0 Å². The second-order valence-electron chi connectivity index (χ2n) is 13.2. The van der Waals surface area contributed by atoms with Gasteiger partial charge >= 0.3 is 0 Å². The summed E-state index contributed by atoms with van der Waals surface area (Å²) in [6.07, 6.45) is 0.267. The lowest BCUT2D eigenvalue weighted by Crippen LogP contribution is -2.44. The number of amides is 1. The molecule has 6 rings (SSSR count). The number of fused-ring (bicyclic) bond motifs is 2. The molecule has 5 aromatic rings. The normalized spacial score (nSPS) is 13.9. The van der Waals surface area contributed by atoms with Gasteiger partial charge in [0.2, 0.25) is 5.91 Å². The second-order valence-corrected chi connectivity index (χ2v) is 13.2. The number of H-pyrrole nitrogens is 2. The zero-order valence-corrected chi connectivity index (χ0v) is 29.5. The van der Waals surface area contributed by atoms with Gasteiger partial charge in [0.05, 0.1) is 61.5 Å². The van der Waals surface area contributed by atoms with Gasteiger partial charge < -0.3 is 44.6 Å². The molecule has 12 nitrogen and oxygen atoms in total. The number of hydrogen-bond acceptors (Lipinski definition) is 9. The van der Waals surface area contributed by atoms with Crippen LogP contribution in [0, 0.1) is 5.92 Å². The van der Waals surface area contributed by atoms with Crippen molar-refractivity contribution in [1.82, 2.24) is 35.5 Å². The number of carbonyl (C=O) groups excluding carboxylic acids is 1. The van der Waals surface area contributed by atoms with Crippen LogP contribution in [-0.2, 0) is 14.3 Å². The number of rotatable bonds is 18. The van der Waals surface area contributed by atoms with Crippen molar-refractivity contribution in [3.8, 4) is 28.5 Å². The van der Waals surface area contributed by atoms with E-state index in [4.69, 9.17) is 24.2 Å². The number of hydrogen-bond donors (Lipinski definition) is 4. The monoisotopic (exact) mass is 682 g/mol. The standard InChI is InChI=1S/C38H50N8O4/c1-27(2)26-39-13-20-48-22-23-49-21-14-40-36(47)12-19-50-31-8-4-28(5-9-31)37-41-32-10-6-29(24-34(32)43-37)38-42-33-11-7-30(25-35(33)44-38)46-17-15-45(3)16-18-46/h4-11,24-25,27,39H,12-23,26H2,1-3H3,(H,40,47)(H,41,43)(H,42,44). The molecule has 0 unspecified atom stereocenters. The third-order valence-corrected chi connectivity index (χ3v) is 8.73. The lowest BCUT2D eigenvalue weighted by molar-refractivity contribution is -0.121. The molecule has 3 aromatic carbocycles. The van der Waals surface area contributed by atoms with Gasteiger partial charge in [0.15, 0.2) is 0 Å². The molecule has 1 saturated heterocycles. The third kappa shape index (κ3) is 9.81. The zero-order chi connectivity index (χ0) is 34.7. The van der Waals surface area contributed by atoms with E-state index in [1.165, 1.54) is 5.69 Å². The maximum absolute atomic E-state index is 12.2. The molecule has 3 heterocycles. The molecule has 0 radical (unpaired) electrons. The Bertz CT molecular complexity index is 1810. The summed E-state index contributed by atoms with van der Waals surface area (Å²) in [6, 6.07) is 20.4. The van der Waals surface area contributed by atoms with Crippen molar-refractivity contribution in [2.24, 2.45) is 5.92 Å². The predicted octanol–water partition coefficient (Wildman–Crippen LogP) is 4.69. The van der Waals surface area contributed by atoms with Crippen molar-refractivity contribution in [2.75, 3.05) is 90.8 Å². The fraction of sp³-hybridized carbons (Fsp3) is 0.447. The number of aromatic amines is 2. The Labute approximate surface area is 293 Å². The van der Waals surface area contributed by atoms with Crippen LogP contribution < -0.4 is 20.3 Å². The number of nitrogens with one attached hydrogen (secondary N) is 4. The van der Waals surface area contributed by atoms with Crippen molar-refractivity contribution in [3.05, 3.63) is 60.7 Å². The summed E-state index contributed by atoms with van der Waals surface area (Å²) in [5.41, 5.74) is 6.98. The first kappa shape index (κ1) is 35.3. The number of benzene rings is 3. The first-order chi connectivity index (χ1) is 24.4. The smallest absolute Gasteiger partial charge is 0.223 e. The molecule has 266 valence electrons. The maximum Gasteiger partial charge on any atom is 0.223 e. The largest absolute Gasteiger partial charge is 0.493 e. The van der Waals surface area contributed by atoms with E-state index in [1.807, 2.05) is 30.3 Å². The highest BCUT2D eigenvalue weighted by Gasteiger charge is 2.16. The van der Waals surface area contributed by atoms with E-state index < -0.39 is 0 Å². The minimum atomic E-state index is -0.0719. The quantitative estimate of drug-likeness (QED) is 0.0973. The van der Waals surface area contributed by atoms with Crippen LogP contribution in [-0.4, -0.2) is 117 Å². The Morgan fingerprint density at radius 2 is 1.42 bits per heavy atom. The molecule has 4 N–H and O–H groups in total. The van der Waals surface area contributed by atoms with Crippen LogP contribution in [0.25, 0.3) is 44.8 Å². The summed E-state index contributed by atoms with van der Waals surface area (Å²) in [6.45, 7) is 13.3. The van der Waals surface area contributed by atoms with E-state index in [1.54, 1.807) is 0 Å². The highest BCUT2D eigenvalue weighted by atomic mass is 16.5. The lowest BCUT2D eigenvalue weighted by Gasteiger charge is -2.34. The first-order valence-corrected chi connectivity index (χ1v) is 17.7. The van der Waals surface area contributed by atoms with E-state index in [9.17, 15) is 4.79 Å². The molecule has 50 heavy (non-hydrogen) atoms. The van der Waals surface area contributed by atoms with Crippen molar-refractivity contribution in [3.63, 3.8) is 0 Å². The third-order valence-electron chi connectivity index (χ3n) is 8.73. The molecule has 1 aliphatic heterocycles. The molecule has 1 amide bonds. The molecule has 0 saturated carbocycles. The number of carbonyl (C=O) groups is 1. The number of imidazole rings is 2. The van der Waals surface area contributed by atoms with Gasteiger partial charge in [-0.15, -0.1) is 0 Å². The van der Waals surface area contributed by atoms with Crippen LogP contribution in [0.1, 0.15) is 20.3 Å². The average molecular weight is 683 g/mol. The molecule has 12 heteroatoms. The summed E-state index contributed by atoms with van der Waals surface area (Å²) in [4.78, 5) is 33.6. The van der Waals surface area contributed by atoms with Gasteiger partial charge in [-0.05, 0) is 80.2 Å². The molecule has 0 atom stereocenters. The molecule has 0 aliphatic carbocycles. The zero-order valence-electron chi connectivity index (χ0n) is 29.5. The highest BCUT2D eigenvalue weighted by molar-refractivity contribution is 5.87. The van der Waals surface area contributed by atoms with Gasteiger partial charge in [-0.2, -0.15) is 0 Å². The van der Waals surface area contributed by atoms with Crippen LogP contribution in [0.4, 0.5) is 5.69 Å². The lowest BCUT2D eigenvalue weighted by atomic mass is 10.2. The summed E-state index contributed by atoms with van der Waals surface area (Å²) in [5.74, 6) is 2.87. The van der Waals surface area contributed by atoms with Gasteiger partial charge in [-0.1, -0.05) is 13.8 Å². The molecule has 1 aliphatic rings. The number of ether oxygens (including phenoxy) is 3. The second kappa shape index (κ2) is 17.4. The molecular weight excluding hydrogens is 632 g/mol. The Morgan fingerprint density at radius 1 is 0.780 bits per heavy atom. The van der Waals surface area contributed by atoms with Crippen LogP contribution >= 0.6 is 0 Å². The molecule has 0 bridgehead atoms. The van der Waals surface area contributed by atoms with Gasteiger partial charge in [0, 0.05) is 56.1 Å². The number of aromatic nitrogens is 4. The van der Waals surface area contributed by atoms with E-state index >= 15 is 0 Å². The minimum absolute atomic E-state index is 0.0719. The summed E-state index contributed by atoms with van der Waals surface area (Å²) in [5, 5.41) is 6.20. The number of likely N-dealkylation sites (N-methyl/N-ethyl adjacent to an activating group) is 1. The fourth-order valence-corrected chi connectivity index (χ4v) is 5.87. The van der Waals surface area contributed by atoms with Crippen molar-refractivity contribution >= 4 is 33.7 Å². The highest BCUT2D eigenvalue weighted by Crippen LogP contribution is 2.29. The Kier molecular flexibility index (Phi) is 12.3. The number of piperazine rings is 1. The number of nitrogens with zero attached hydrogens (tertiary/aromatic N) is 4. The van der Waals surface area contributed by atoms with Gasteiger partial charge in [-0.25, -0.2) is 9.97 Å². The Balaban J connectivity index is 0.929. The van der Waals surface area contributed by atoms with Crippen LogP contribution in [0.5, 0.6) is 5.75 Å². The molecule has 2 aromatic heterocycles. The number of anilines is 1. The van der Waals surface area contributed by atoms with Crippen LogP contribution in [0.15, 0.2) is 60.7 Å². The SMILES string of the molecule is CC(C)CNCCOCCOCCNC(=O)CCOc1ccc(-c2nc3ccc(-c4nc5ccc(N6CCN(C)CC6)cc5[nH]4)cc3[nH]2)cc1. The van der Waals surface area contributed by atoms with Crippen molar-refractivity contribution < 1.29 is 19.0 Å². The van der Waals surface area contributed by atoms with Gasteiger partial charge in [0.1, 0.15) is 17.4 Å². The van der Waals surface area contributed by atoms with Crippen molar-refractivity contribution in [1.29, 1.82) is 0 Å². The fourth-order valence-electron chi connectivity index (χ4n) is 5.87. The van der Waals surface area contributed by atoms with Crippen LogP contribution in [0.2, 0.25) is 0 Å². The summed E-state index contributed by atoms with van der Waals surface area (Å²) >= 11 is 0. The van der Waals surface area contributed by atoms with E-state index in [0.29, 0.717) is 44.6 Å². The predicted molar refractivity (Wildman–Crippen MR) is 199 cm³/mol. The minimum Gasteiger partial charge on any atom is -0.493 e. The average Bonchev–Trinajstić information content (AvgIpc) is 3.75. The Hall–Kier alpha value is -4.49. The topological polar surface area (TPSA) is 133 Å². The van der Waals surface area contributed by atoms with E-state index in [2.05, 4.69) is 81.6 Å².